The summed E-state index contributed by atoms with van der Waals surface area (Å²) in [5.74, 6) is 1.64. The second-order valence-corrected chi connectivity index (χ2v) is 5.46. The average molecular weight is 264 g/mol. The maximum Gasteiger partial charge on any atom is 0.191 e. The van der Waals surface area contributed by atoms with Gasteiger partial charge in [-0.15, -0.1) is 11.3 Å². The van der Waals surface area contributed by atoms with Gasteiger partial charge in [0.2, 0.25) is 0 Å². The molecule has 2 aromatic heterocycles. The van der Waals surface area contributed by atoms with E-state index < -0.39 is 0 Å². The maximum atomic E-state index is 9.06. The van der Waals surface area contributed by atoms with Gasteiger partial charge in [0.15, 0.2) is 5.82 Å². The molecule has 0 saturated heterocycles. The largest absolute Gasteiger partial charge is 0.395 e. The molecule has 96 valence electrons. The predicted molar refractivity (Wildman–Crippen MR) is 70.2 cm³/mol. The molecule has 0 aromatic carbocycles. The number of H-pyrrole nitrogens is 1. The summed E-state index contributed by atoms with van der Waals surface area (Å²) in [7, 11) is 0. The van der Waals surface area contributed by atoms with Crippen molar-refractivity contribution in [3.63, 3.8) is 0 Å². The first-order chi connectivity index (χ1) is 8.86. The van der Waals surface area contributed by atoms with E-state index in [1.165, 1.54) is 12.8 Å². The summed E-state index contributed by atoms with van der Waals surface area (Å²) < 4.78 is 0. The third kappa shape index (κ3) is 2.60. The van der Waals surface area contributed by atoms with Crippen LogP contribution in [0.4, 0.5) is 0 Å². The van der Waals surface area contributed by atoms with Gasteiger partial charge in [0.1, 0.15) is 5.82 Å². The van der Waals surface area contributed by atoms with Crippen LogP contribution in [-0.2, 0) is 6.54 Å². The summed E-state index contributed by atoms with van der Waals surface area (Å²) >= 11 is 1.64. The zero-order valence-corrected chi connectivity index (χ0v) is 10.9. The van der Waals surface area contributed by atoms with E-state index in [0.29, 0.717) is 12.6 Å². The Morgan fingerprint density at radius 1 is 1.50 bits per heavy atom. The first-order valence-electron chi connectivity index (χ1n) is 6.17. The van der Waals surface area contributed by atoms with Crippen molar-refractivity contribution in [1.29, 1.82) is 0 Å². The van der Waals surface area contributed by atoms with Crippen molar-refractivity contribution in [2.45, 2.75) is 25.4 Å². The SMILES string of the molecule is OCCN(Cc1nc(-c2cccs2)n[nH]1)C1CC1. The summed E-state index contributed by atoms with van der Waals surface area (Å²) in [6, 6.07) is 4.63. The van der Waals surface area contributed by atoms with Crippen LogP contribution in [0.1, 0.15) is 18.7 Å². The van der Waals surface area contributed by atoms with Crippen LogP contribution >= 0.6 is 11.3 Å². The Morgan fingerprint density at radius 3 is 3.06 bits per heavy atom. The monoisotopic (exact) mass is 264 g/mol. The van der Waals surface area contributed by atoms with E-state index in [-0.39, 0.29) is 6.61 Å². The van der Waals surface area contributed by atoms with Crippen molar-refractivity contribution in [3.8, 4) is 10.7 Å². The number of aliphatic hydroxyl groups excluding tert-OH is 1. The summed E-state index contributed by atoms with van der Waals surface area (Å²) in [4.78, 5) is 7.85. The standard InChI is InChI=1S/C12H16N4OS/c17-6-5-16(9-3-4-9)8-11-13-12(15-14-11)10-2-1-7-18-10/h1-2,7,9,17H,3-6,8H2,(H,13,14,15). The molecular weight excluding hydrogens is 248 g/mol. The van der Waals surface area contributed by atoms with Crippen molar-refractivity contribution < 1.29 is 5.11 Å². The second kappa shape index (κ2) is 5.17. The van der Waals surface area contributed by atoms with Gasteiger partial charge in [0.25, 0.3) is 0 Å². The lowest BCUT2D eigenvalue weighted by Crippen LogP contribution is -2.29. The van der Waals surface area contributed by atoms with Crippen molar-refractivity contribution in [2.75, 3.05) is 13.2 Å². The topological polar surface area (TPSA) is 65.0 Å². The molecule has 18 heavy (non-hydrogen) atoms. The molecule has 0 aliphatic heterocycles. The quantitative estimate of drug-likeness (QED) is 0.829. The lowest BCUT2D eigenvalue weighted by molar-refractivity contribution is 0.180. The Kier molecular flexibility index (Phi) is 3.40. The number of thiophene rings is 1. The average Bonchev–Trinajstić information content (AvgIpc) is 2.90. The molecule has 0 unspecified atom stereocenters. The lowest BCUT2D eigenvalue weighted by atomic mass is 10.4. The van der Waals surface area contributed by atoms with Gasteiger partial charge in [-0.25, -0.2) is 4.98 Å². The first-order valence-corrected chi connectivity index (χ1v) is 7.05. The summed E-state index contributed by atoms with van der Waals surface area (Å²) in [6.07, 6.45) is 2.46. The Hall–Kier alpha value is -1.24. The Balaban J connectivity index is 1.69. The normalized spacial score (nSPS) is 15.4. The number of nitrogens with zero attached hydrogens (tertiary/aromatic N) is 3. The third-order valence-electron chi connectivity index (χ3n) is 3.08. The number of aliphatic hydroxyl groups is 1. The lowest BCUT2D eigenvalue weighted by Gasteiger charge is -2.18. The van der Waals surface area contributed by atoms with Crippen molar-refractivity contribution >= 4 is 11.3 Å². The van der Waals surface area contributed by atoms with Crippen LogP contribution in [0.2, 0.25) is 0 Å². The molecule has 5 nitrogen and oxygen atoms in total. The summed E-state index contributed by atoms with van der Waals surface area (Å²) in [5.41, 5.74) is 0. The summed E-state index contributed by atoms with van der Waals surface area (Å²) in [6.45, 7) is 1.64. The smallest absolute Gasteiger partial charge is 0.191 e. The minimum atomic E-state index is 0.197. The molecule has 0 bridgehead atoms. The van der Waals surface area contributed by atoms with Gasteiger partial charge in [-0.1, -0.05) is 6.07 Å². The third-order valence-corrected chi connectivity index (χ3v) is 3.94. The highest BCUT2D eigenvalue weighted by Gasteiger charge is 2.29. The Bertz CT molecular complexity index is 492. The molecule has 0 amide bonds. The van der Waals surface area contributed by atoms with E-state index in [4.69, 9.17) is 5.11 Å². The molecule has 2 aromatic rings. The number of hydrogen-bond donors (Lipinski definition) is 2. The van der Waals surface area contributed by atoms with Crippen LogP contribution in [-0.4, -0.2) is 44.4 Å². The van der Waals surface area contributed by atoms with E-state index in [9.17, 15) is 0 Å². The Labute approximate surface area is 109 Å². The predicted octanol–water partition coefficient (Wildman–Crippen LogP) is 1.49. The highest BCUT2D eigenvalue weighted by atomic mass is 32.1. The Morgan fingerprint density at radius 2 is 2.39 bits per heavy atom. The second-order valence-electron chi connectivity index (χ2n) is 4.51. The van der Waals surface area contributed by atoms with Crippen molar-refractivity contribution in [3.05, 3.63) is 23.3 Å². The zero-order chi connectivity index (χ0) is 12.4. The van der Waals surface area contributed by atoms with Crippen LogP contribution in [0.5, 0.6) is 0 Å². The molecule has 2 N–H and O–H groups in total. The first kappa shape index (κ1) is 11.8. The van der Waals surface area contributed by atoms with Gasteiger partial charge < -0.3 is 5.11 Å². The highest BCUT2D eigenvalue weighted by molar-refractivity contribution is 7.13. The number of aromatic amines is 1. The van der Waals surface area contributed by atoms with Crippen LogP contribution in [0.25, 0.3) is 10.7 Å². The van der Waals surface area contributed by atoms with E-state index in [1.807, 2.05) is 17.5 Å². The van der Waals surface area contributed by atoms with Gasteiger partial charge >= 0.3 is 0 Å². The van der Waals surface area contributed by atoms with Crippen LogP contribution in [0.3, 0.4) is 0 Å². The molecule has 6 heteroatoms. The van der Waals surface area contributed by atoms with Crippen LogP contribution in [0, 0.1) is 0 Å². The molecule has 1 saturated carbocycles. The number of hydrogen-bond acceptors (Lipinski definition) is 5. The van der Waals surface area contributed by atoms with E-state index >= 15 is 0 Å². The molecule has 0 radical (unpaired) electrons. The molecule has 0 spiro atoms. The fourth-order valence-electron chi connectivity index (χ4n) is 2.03. The minimum absolute atomic E-state index is 0.197. The molecular formula is C12H16N4OS. The van der Waals surface area contributed by atoms with Gasteiger partial charge in [0, 0.05) is 12.6 Å². The number of aromatic nitrogens is 3. The van der Waals surface area contributed by atoms with E-state index in [2.05, 4.69) is 20.1 Å². The molecule has 1 aliphatic rings. The van der Waals surface area contributed by atoms with Gasteiger partial charge in [-0.05, 0) is 24.3 Å². The zero-order valence-electron chi connectivity index (χ0n) is 10.0. The molecule has 3 rings (SSSR count). The number of nitrogens with one attached hydrogen (secondary N) is 1. The van der Waals surface area contributed by atoms with Gasteiger partial charge in [-0.2, -0.15) is 5.10 Å². The van der Waals surface area contributed by atoms with Crippen LogP contribution < -0.4 is 0 Å². The molecule has 1 fully saturated rings. The molecule has 0 atom stereocenters. The van der Waals surface area contributed by atoms with Crippen LogP contribution in [0.15, 0.2) is 17.5 Å². The van der Waals surface area contributed by atoms with Crippen molar-refractivity contribution in [1.82, 2.24) is 20.1 Å². The minimum Gasteiger partial charge on any atom is -0.395 e. The van der Waals surface area contributed by atoms with Gasteiger partial charge in [0.05, 0.1) is 18.0 Å². The van der Waals surface area contributed by atoms with Gasteiger partial charge in [-0.3, -0.25) is 10.00 Å². The maximum absolute atomic E-state index is 9.06. The van der Waals surface area contributed by atoms with E-state index in [1.54, 1.807) is 11.3 Å². The summed E-state index contributed by atoms with van der Waals surface area (Å²) in [5, 5.41) is 18.3. The van der Waals surface area contributed by atoms with Crippen molar-refractivity contribution in [2.24, 2.45) is 0 Å². The van der Waals surface area contributed by atoms with E-state index in [0.717, 1.165) is 23.1 Å². The fourth-order valence-corrected chi connectivity index (χ4v) is 2.69. The molecule has 1 aliphatic carbocycles. The highest BCUT2D eigenvalue weighted by Crippen LogP contribution is 2.28. The number of rotatable bonds is 6. The fraction of sp³-hybridized carbons (Fsp3) is 0.500. The molecule has 2 heterocycles.